The molecule has 4 rings (SSSR count). The van der Waals surface area contributed by atoms with Crippen LogP contribution in [-0.2, 0) is 4.79 Å². The summed E-state index contributed by atoms with van der Waals surface area (Å²) in [6, 6.07) is 1.88. The molecule has 0 spiro atoms. The molecule has 2 aliphatic rings. The molecule has 3 heterocycles. The zero-order valence-corrected chi connectivity index (χ0v) is 13.8. The lowest BCUT2D eigenvalue weighted by Gasteiger charge is -2.31. The molecule has 7 nitrogen and oxygen atoms in total. The van der Waals surface area contributed by atoms with E-state index in [1.54, 1.807) is 6.92 Å². The van der Waals surface area contributed by atoms with Crippen LogP contribution in [-0.4, -0.2) is 39.6 Å². The van der Waals surface area contributed by atoms with E-state index in [2.05, 4.69) is 20.3 Å². The van der Waals surface area contributed by atoms with Crippen LogP contribution in [0.1, 0.15) is 31.4 Å². The summed E-state index contributed by atoms with van der Waals surface area (Å²) in [6.07, 6.45) is 4.08. The fourth-order valence-corrected chi connectivity index (χ4v) is 3.94. The van der Waals surface area contributed by atoms with Gasteiger partial charge in [0.05, 0.1) is 5.92 Å². The number of carbonyl (C=O) groups is 1. The van der Waals surface area contributed by atoms with Gasteiger partial charge in [-0.1, -0.05) is 11.3 Å². The first-order chi connectivity index (χ1) is 11.1. The Hall–Kier alpha value is -1.96. The molecule has 1 aliphatic carbocycles. The second kappa shape index (κ2) is 5.59. The van der Waals surface area contributed by atoms with Gasteiger partial charge in [-0.15, -0.1) is 5.10 Å². The average Bonchev–Trinajstić information content (AvgIpc) is 3.23. The first kappa shape index (κ1) is 14.6. The van der Waals surface area contributed by atoms with Crippen molar-refractivity contribution in [2.45, 2.75) is 38.6 Å². The van der Waals surface area contributed by atoms with Crippen LogP contribution in [0.2, 0.25) is 0 Å². The maximum absolute atomic E-state index is 12.3. The number of hydrogen-bond acceptors (Lipinski definition) is 6. The molecule has 1 N–H and O–H groups in total. The van der Waals surface area contributed by atoms with Gasteiger partial charge >= 0.3 is 0 Å². The minimum absolute atomic E-state index is 0.00257. The summed E-state index contributed by atoms with van der Waals surface area (Å²) in [5.41, 5.74) is 0.542. The number of nitrogens with zero attached hydrogens (tertiary/aromatic N) is 4. The number of hydrogen-bond donors (Lipinski definition) is 1. The van der Waals surface area contributed by atoms with E-state index in [1.807, 2.05) is 0 Å². The predicted molar refractivity (Wildman–Crippen MR) is 88.0 cm³/mol. The molecule has 0 radical (unpaired) electrons. The molecule has 0 unspecified atom stereocenters. The van der Waals surface area contributed by atoms with Crippen molar-refractivity contribution >= 4 is 27.3 Å². The molecule has 1 saturated carbocycles. The third-order valence-electron chi connectivity index (χ3n) is 4.35. The lowest BCUT2D eigenvalue weighted by atomic mass is 9.97. The highest BCUT2D eigenvalue weighted by atomic mass is 32.1. The topological polar surface area (TPSA) is 79.6 Å². The van der Waals surface area contributed by atoms with Crippen LogP contribution in [0.15, 0.2) is 10.9 Å². The minimum Gasteiger partial charge on any atom is -0.353 e. The van der Waals surface area contributed by atoms with E-state index in [9.17, 15) is 9.59 Å². The quantitative estimate of drug-likeness (QED) is 0.905. The maximum Gasteiger partial charge on any atom is 0.275 e. The van der Waals surface area contributed by atoms with Crippen molar-refractivity contribution in [1.82, 2.24) is 19.9 Å². The Kier molecular flexibility index (Phi) is 3.56. The van der Waals surface area contributed by atoms with Gasteiger partial charge in [0.25, 0.3) is 5.56 Å². The second-order valence-corrected chi connectivity index (χ2v) is 7.32. The summed E-state index contributed by atoms with van der Waals surface area (Å²) in [6.45, 7) is 3.33. The molecule has 23 heavy (non-hydrogen) atoms. The first-order valence-corrected chi connectivity index (χ1v) is 8.84. The van der Waals surface area contributed by atoms with Crippen molar-refractivity contribution < 1.29 is 4.79 Å². The van der Waals surface area contributed by atoms with E-state index >= 15 is 0 Å². The normalized spacial score (nSPS) is 21.6. The van der Waals surface area contributed by atoms with Crippen molar-refractivity contribution in [3.8, 4) is 0 Å². The Labute approximate surface area is 137 Å². The van der Waals surface area contributed by atoms with Gasteiger partial charge in [0, 0.05) is 30.9 Å². The van der Waals surface area contributed by atoms with E-state index in [0.717, 1.165) is 37.4 Å². The van der Waals surface area contributed by atoms with Crippen LogP contribution in [0.25, 0.3) is 4.96 Å². The molecular weight excluding hydrogens is 314 g/mol. The van der Waals surface area contributed by atoms with Crippen LogP contribution in [0, 0.1) is 12.8 Å². The molecule has 122 valence electrons. The summed E-state index contributed by atoms with van der Waals surface area (Å²) in [5, 5.41) is 8.25. The van der Waals surface area contributed by atoms with Crippen molar-refractivity contribution in [2.75, 3.05) is 18.0 Å². The SMILES string of the molecule is Cc1cc(=O)n2nc(N3CCC[C@H](C(=O)NC4CC4)C3)sc2n1. The molecular formula is C15H19N5O2S. The molecule has 2 aromatic heterocycles. The Morgan fingerprint density at radius 1 is 1.39 bits per heavy atom. The van der Waals surface area contributed by atoms with E-state index in [4.69, 9.17) is 0 Å². The summed E-state index contributed by atoms with van der Waals surface area (Å²) < 4.78 is 1.35. The van der Waals surface area contributed by atoms with Crippen LogP contribution in [0.5, 0.6) is 0 Å². The van der Waals surface area contributed by atoms with Gasteiger partial charge < -0.3 is 10.2 Å². The number of fused-ring (bicyclic) bond motifs is 1. The lowest BCUT2D eigenvalue weighted by Crippen LogP contribution is -2.43. The van der Waals surface area contributed by atoms with Gasteiger partial charge in [-0.2, -0.15) is 4.52 Å². The monoisotopic (exact) mass is 333 g/mol. The van der Waals surface area contributed by atoms with E-state index in [-0.39, 0.29) is 17.4 Å². The third-order valence-corrected chi connectivity index (χ3v) is 5.32. The molecule has 1 atom stereocenters. The summed E-state index contributed by atoms with van der Waals surface area (Å²) in [7, 11) is 0. The number of aryl methyl sites for hydroxylation is 1. The Balaban J connectivity index is 1.56. The molecule has 8 heteroatoms. The number of rotatable bonds is 3. The minimum atomic E-state index is -0.157. The fourth-order valence-electron chi connectivity index (χ4n) is 2.95. The van der Waals surface area contributed by atoms with E-state index < -0.39 is 0 Å². The molecule has 1 amide bonds. The smallest absolute Gasteiger partial charge is 0.275 e. The Bertz CT molecular complexity index is 810. The van der Waals surface area contributed by atoms with E-state index in [0.29, 0.717) is 23.2 Å². The fraction of sp³-hybridized carbons (Fsp3) is 0.600. The summed E-state index contributed by atoms with van der Waals surface area (Å²) in [5.74, 6) is 0.159. The molecule has 1 saturated heterocycles. The number of aromatic nitrogens is 3. The van der Waals surface area contributed by atoms with Crippen LogP contribution in [0.4, 0.5) is 5.13 Å². The zero-order valence-electron chi connectivity index (χ0n) is 13.0. The Morgan fingerprint density at radius 2 is 2.22 bits per heavy atom. The Morgan fingerprint density at radius 3 is 3.00 bits per heavy atom. The highest BCUT2D eigenvalue weighted by Crippen LogP contribution is 2.28. The summed E-state index contributed by atoms with van der Waals surface area (Å²) >= 11 is 1.41. The maximum atomic E-state index is 12.3. The number of carbonyl (C=O) groups excluding carboxylic acids is 1. The number of nitrogens with one attached hydrogen (secondary N) is 1. The van der Waals surface area contributed by atoms with Crippen molar-refractivity contribution in [2.24, 2.45) is 5.92 Å². The van der Waals surface area contributed by atoms with Gasteiger partial charge in [-0.05, 0) is 32.6 Å². The van der Waals surface area contributed by atoms with Gasteiger partial charge in [0.15, 0.2) is 0 Å². The second-order valence-electron chi connectivity index (χ2n) is 6.38. The van der Waals surface area contributed by atoms with Crippen LogP contribution in [0.3, 0.4) is 0 Å². The molecule has 1 aliphatic heterocycles. The van der Waals surface area contributed by atoms with E-state index in [1.165, 1.54) is 21.9 Å². The van der Waals surface area contributed by atoms with Gasteiger partial charge in [-0.3, -0.25) is 9.59 Å². The lowest BCUT2D eigenvalue weighted by molar-refractivity contribution is -0.125. The average molecular weight is 333 g/mol. The third kappa shape index (κ3) is 2.95. The largest absolute Gasteiger partial charge is 0.353 e. The molecule has 0 aromatic carbocycles. The summed E-state index contributed by atoms with van der Waals surface area (Å²) in [4.78, 5) is 31.3. The number of anilines is 1. The highest BCUT2D eigenvalue weighted by Gasteiger charge is 2.31. The van der Waals surface area contributed by atoms with Crippen molar-refractivity contribution in [3.63, 3.8) is 0 Å². The standard InChI is InChI=1S/C15H19N5O2S/c1-9-7-12(21)20-14(16-9)23-15(18-20)19-6-2-3-10(8-19)13(22)17-11-4-5-11/h7,10-11H,2-6,8H2,1H3,(H,17,22)/t10-/m0/s1. The highest BCUT2D eigenvalue weighted by molar-refractivity contribution is 7.20. The molecule has 2 aromatic rings. The number of piperidine rings is 1. The molecule has 2 fully saturated rings. The van der Waals surface area contributed by atoms with Crippen molar-refractivity contribution in [1.29, 1.82) is 0 Å². The van der Waals surface area contributed by atoms with Crippen LogP contribution >= 0.6 is 11.3 Å². The first-order valence-electron chi connectivity index (χ1n) is 8.03. The predicted octanol–water partition coefficient (Wildman–Crippen LogP) is 0.954. The zero-order chi connectivity index (χ0) is 16.0. The van der Waals surface area contributed by atoms with Gasteiger partial charge in [0.1, 0.15) is 0 Å². The number of amides is 1. The van der Waals surface area contributed by atoms with Crippen molar-refractivity contribution in [3.05, 3.63) is 22.1 Å². The molecule has 0 bridgehead atoms. The van der Waals surface area contributed by atoms with Gasteiger partial charge in [-0.25, -0.2) is 4.98 Å². The van der Waals surface area contributed by atoms with Crippen LogP contribution < -0.4 is 15.8 Å². The van der Waals surface area contributed by atoms with Gasteiger partial charge in [0.2, 0.25) is 16.0 Å².